The summed E-state index contributed by atoms with van der Waals surface area (Å²) in [5, 5.41) is 3.15. The third-order valence-electron chi connectivity index (χ3n) is 2.88. The summed E-state index contributed by atoms with van der Waals surface area (Å²) in [6.07, 6.45) is -0.566. The standard InChI is InChI=1S/C15H12ClN3O2/c16-11-6-7-12-13(8-11)18-14(17-12)19-15(20)21-9-10-4-2-1-3-5-10/h1-8H,9H2,(H2,17,18,19,20). The number of carbonyl (C=O) groups excluding carboxylic acids is 1. The number of carbonyl (C=O) groups is 1. The minimum Gasteiger partial charge on any atom is -0.444 e. The van der Waals surface area contributed by atoms with Crippen LogP contribution in [-0.4, -0.2) is 16.1 Å². The maximum Gasteiger partial charge on any atom is 0.414 e. The normalized spacial score (nSPS) is 10.5. The third-order valence-corrected chi connectivity index (χ3v) is 3.11. The lowest BCUT2D eigenvalue weighted by atomic mass is 10.2. The molecule has 5 nitrogen and oxygen atoms in total. The Labute approximate surface area is 125 Å². The summed E-state index contributed by atoms with van der Waals surface area (Å²) in [6.45, 7) is 0.207. The SMILES string of the molecule is O=C(Nc1nc2ccc(Cl)cc2[nH]1)OCc1ccccc1. The van der Waals surface area contributed by atoms with Crippen molar-refractivity contribution < 1.29 is 9.53 Å². The molecule has 0 bridgehead atoms. The number of nitrogens with one attached hydrogen (secondary N) is 2. The quantitative estimate of drug-likeness (QED) is 0.769. The van der Waals surface area contributed by atoms with Crippen LogP contribution in [0.5, 0.6) is 0 Å². The summed E-state index contributed by atoms with van der Waals surface area (Å²) in [7, 11) is 0. The fourth-order valence-corrected chi connectivity index (χ4v) is 2.07. The Morgan fingerprint density at radius 3 is 2.86 bits per heavy atom. The van der Waals surface area contributed by atoms with Gasteiger partial charge >= 0.3 is 6.09 Å². The Balaban J connectivity index is 1.63. The maximum absolute atomic E-state index is 11.7. The number of aromatic amines is 1. The topological polar surface area (TPSA) is 67.0 Å². The van der Waals surface area contributed by atoms with Crippen LogP contribution in [0.1, 0.15) is 5.56 Å². The van der Waals surface area contributed by atoms with Gasteiger partial charge in [0.15, 0.2) is 0 Å². The Bertz CT molecular complexity index is 771. The Morgan fingerprint density at radius 2 is 2.05 bits per heavy atom. The van der Waals surface area contributed by atoms with Gasteiger partial charge in [0.05, 0.1) is 11.0 Å². The second-order valence-electron chi connectivity index (χ2n) is 4.43. The van der Waals surface area contributed by atoms with E-state index >= 15 is 0 Å². The number of aromatic nitrogens is 2. The Hall–Kier alpha value is -2.53. The van der Waals surface area contributed by atoms with Crippen LogP contribution >= 0.6 is 11.6 Å². The Morgan fingerprint density at radius 1 is 1.24 bits per heavy atom. The highest BCUT2D eigenvalue weighted by atomic mass is 35.5. The summed E-state index contributed by atoms with van der Waals surface area (Å²) < 4.78 is 5.12. The van der Waals surface area contributed by atoms with Crippen LogP contribution in [0.2, 0.25) is 5.02 Å². The minimum atomic E-state index is -0.566. The second kappa shape index (κ2) is 5.85. The molecular weight excluding hydrogens is 290 g/mol. The number of rotatable bonds is 3. The third kappa shape index (κ3) is 3.32. The van der Waals surface area contributed by atoms with Gasteiger partial charge in [0.1, 0.15) is 6.61 Å². The van der Waals surface area contributed by atoms with E-state index in [9.17, 15) is 4.79 Å². The predicted molar refractivity (Wildman–Crippen MR) is 81.4 cm³/mol. The average molecular weight is 302 g/mol. The molecule has 0 aliphatic carbocycles. The van der Waals surface area contributed by atoms with Crippen molar-refractivity contribution in [3.8, 4) is 0 Å². The number of anilines is 1. The van der Waals surface area contributed by atoms with Crippen molar-refractivity contribution in [2.24, 2.45) is 0 Å². The van der Waals surface area contributed by atoms with Gasteiger partial charge in [0.25, 0.3) is 0 Å². The van der Waals surface area contributed by atoms with Gasteiger partial charge in [-0.25, -0.2) is 9.78 Å². The van der Waals surface area contributed by atoms with Gasteiger partial charge in [-0.3, -0.25) is 5.32 Å². The van der Waals surface area contributed by atoms with E-state index in [4.69, 9.17) is 16.3 Å². The molecule has 0 unspecified atom stereocenters. The number of nitrogens with zero attached hydrogens (tertiary/aromatic N) is 1. The van der Waals surface area contributed by atoms with E-state index in [1.807, 2.05) is 30.3 Å². The first-order chi connectivity index (χ1) is 10.2. The van der Waals surface area contributed by atoms with Gasteiger partial charge < -0.3 is 9.72 Å². The fourth-order valence-electron chi connectivity index (χ4n) is 1.90. The van der Waals surface area contributed by atoms with E-state index in [1.165, 1.54) is 0 Å². The number of fused-ring (bicyclic) bond motifs is 1. The van der Waals surface area contributed by atoms with Crippen LogP contribution in [0.15, 0.2) is 48.5 Å². The molecule has 1 aromatic heterocycles. The minimum absolute atomic E-state index is 0.207. The zero-order valence-electron chi connectivity index (χ0n) is 11.0. The second-order valence-corrected chi connectivity index (χ2v) is 4.87. The summed E-state index contributed by atoms with van der Waals surface area (Å²) in [5.74, 6) is 0.324. The number of benzene rings is 2. The number of amides is 1. The number of H-pyrrole nitrogens is 1. The lowest BCUT2D eigenvalue weighted by molar-refractivity contribution is 0.155. The molecule has 106 valence electrons. The van der Waals surface area contributed by atoms with Gasteiger partial charge in [-0.15, -0.1) is 0 Å². The first-order valence-corrected chi connectivity index (χ1v) is 6.71. The van der Waals surface area contributed by atoms with Crippen molar-refractivity contribution >= 4 is 34.7 Å². The van der Waals surface area contributed by atoms with Crippen LogP contribution in [0, 0.1) is 0 Å². The number of ether oxygens (including phenoxy) is 1. The molecule has 0 aliphatic rings. The molecule has 0 aliphatic heterocycles. The lowest BCUT2D eigenvalue weighted by Crippen LogP contribution is -2.14. The smallest absolute Gasteiger partial charge is 0.414 e. The highest BCUT2D eigenvalue weighted by Gasteiger charge is 2.08. The lowest BCUT2D eigenvalue weighted by Gasteiger charge is -2.04. The van der Waals surface area contributed by atoms with Gasteiger partial charge in [-0.2, -0.15) is 0 Å². The molecule has 1 heterocycles. The van der Waals surface area contributed by atoms with Gasteiger partial charge in [-0.1, -0.05) is 41.9 Å². The van der Waals surface area contributed by atoms with Crippen molar-refractivity contribution in [1.82, 2.24) is 9.97 Å². The predicted octanol–water partition coefficient (Wildman–Crippen LogP) is 3.97. The molecule has 0 saturated carbocycles. The first kappa shape index (κ1) is 13.5. The number of imidazole rings is 1. The van der Waals surface area contributed by atoms with Gasteiger partial charge in [0.2, 0.25) is 5.95 Å². The zero-order chi connectivity index (χ0) is 14.7. The maximum atomic E-state index is 11.7. The molecule has 6 heteroatoms. The molecule has 0 fully saturated rings. The molecule has 0 radical (unpaired) electrons. The van der Waals surface area contributed by atoms with Crippen molar-refractivity contribution in [3.63, 3.8) is 0 Å². The fraction of sp³-hybridized carbons (Fsp3) is 0.0667. The van der Waals surface area contributed by atoms with Crippen LogP contribution < -0.4 is 5.32 Å². The van der Waals surface area contributed by atoms with Gasteiger partial charge in [0, 0.05) is 5.02 Å². The van der Waals surface area contributed by atoms with E-state index in [0.717, 1.165) is 16.6 Å². The average Bonchev–Trinajstić information content (AvgIpc) is 2.87. The molecule has 0 atom stereocenters. The van der Waals surface area contributed by atoms with E-state index in [-0.39, 0.29) is 6.61 Å². The van der Waals surface area contributed by atoms with Crippen LogP contribution in [0.3, 0.4) is 0 Å². The van der Waals surface area contributed by atoms with Crippen LogP contribution in [0.25, 0.3) is 11.0 Å². The zero-order valence-corrected chi connectivity index (χ0v) is 11.7. The summed E-state index contributed by atoms with van der Waals surface area (Å²) in [5.41, 5.74) is 2.39. The molecule has 0 spiro atoms. The monoisotopic (exact) mass is 301 g/mol. The molecular formula is C15H12ClN3O2. The highest BCUT2D eigenvalue weighted by molar-refractivity contribution is 6.31. The molecule has 3 aromatic rings. The molecule has 1 amide bonds. The summed E-state index contributed by atoms with van der Waals surface area (Å²) in [6, 6.07) is 14.7. The van der Waals surface area contributed by atoms with Gasteiger partial charge in [-0.05, 0) is 23.8 Å². The van der Waals surface area contributed by atoms with E-state index < -0.39 is 6.09 Å². The number of hydrogen-bond acceptors (Lipinski definition) is 3. The van der Waals surface area contributed by atoms with Crippen molar-refractivity contribution in [2.45, 2.75) is 6.61 Å². The molecule has 3 rings (SSSR count). The van der Waals surface area contributed by atoms with Crippen molar-refractivity contribution in [1.29, 1.82) is 0 Å². The van der Waals surface area contributed by atoms with Crippen LogP contribution in [0.4, 0.5) is 10.7 Å². The van der Waals surface area contributed by atoms with Crippen LogP contribution in [-0.2, 0) is 11.3 Å². The van der Waals surface area contributed by atoms with E-state index in [1.54, 1.807) is 18.2 Å². The highest BCUT2D eigenvalue weighted by Crippen LogP contribution is 2.19. The van der Waals surface area contributed by atoms with E-state index in [2.05, 4.69) is 15.3 Å². The van der Waals surface area contributed by atoms with Crippen molar-refractivity contribution in [2.75, 3.05) is 5.32 Å². The number of halogens is 1. The number of hydrogen-bond donors (Lipinski definition) is 2. The summed E-state index contributed by atoms with van der Waals surface area (Å²) in [4.78, 5) is 18.9. The first-order valence-electron chi connectivity index (χ1n) is 6.34. The molecule has 2 N–H and O–H groups in total. The van der Waals surface area contributed by atoms with Crippen molar-refractivity contribution in [3.05, 3.63) is 59.1 Å². The Kier molecular flexibility index (Phi) is 3.75. The molecule has 2 aromatic carbocycles. The van der Waals surface area contributed by atoms with E-state index in [0.29, 0.717) is 11.0 Å². The summed E-state index contributed by atoms with van der Waals surface area (Å²) >= 11 is 5.89. The molecule has 21 heavy (non-hydrogen) atoms. The largest absolute Gasteiger partial charge is 0.444 e. The molecule has 0 saturated heterocycles.